The predicted molar refractivity (Wildman–Crippen MR) is 62.3 cm³/mol. The Kier molecular flexibility index (Phi) is 5.49. The van der Waals surface area contributed by atoms with Gasteiger partial charge in [0, 0.05) is 19.1 Å². The van der Waals surface area contributed by atoms with Crippen molar-refractivity contribution in [2.45, 2.75) is 51.5 Å². The van der Waals surface area contributed by atoms with Gasteiger partial charge in [-0.2, -0.15) is 0 Å². The van der Waals surface area contributed by atoms with Crippen LogP contribution in [0.3, 0.4) is 0 Å². The molecule has 84 valence electrons. The largest absolute Gasteiger partial charge is 0.327 e. The predicted octanol–water partition coefficient (Wildman–Crippen LogP) is 2.24. The molecule has 1 rings (SSSR count). The molecule has 2 nitrogen and oxygen atoms in total. The second kappa shape index (κ2) is 6.41. The third-order valence-electron chi connectivity index (χ3n) is 3.27. The van der Waals surface area contributed by atoms with Gasteiger partial charge in [0.15, 0.2) is 0 Å². The van der Waals surface area contributed by atoms with Gasteiger partial charge in [-0.05, 0) is 32.2 Å². The molecule has 0 bridgehead atoms. The number of likely N-dealkylation sites (N-methyl/N-ethyl adjacent to an activating group) is 1. The van der Waals surface area contributed by atoms with Gasteiger partial charge in [0.2, 0.25) is 0 Å². The van der Waals surface area contributed by atoms with Gasteiger partial charge < -0.3 is 10.6 Å². The van der Waals surface area contributed by atoms with Crippen LogP contribution in [0, 0.1) is 5.92 Å². The number of nitrogens with zero attached hydrogens (tertiary/aromatic N) is 1. The maximum Gasteiger partial charge on any atom is 0.0167 e. The second-order valence-electron chi connectivity index (χ2n) is 4.92. The summed E-state index contributed by atoms with van der Waals surface area (Å²) in [5.74, 6) is 0.971. The molecule has 0 aromatic carbocycles. The van der Waals surface area contributed by atoms with E-state index in [4.69, 9.17) is 5.73 Å². The van der Waals surface area contributed by atoms with Crippen LogP contribution in [-0.2, 0) is 0 Å². The van der Waals surface area contributed by atoms with E-state index in [-0.39, 0.29) is 0 Å². The van der Waals surface area contributed by atoms with Gasteiger partial charge in [-0.3, -0.25) is 0 Å². The summed E-state index contributed by atoms with van der Waals surface area (Å²) < 4.78 is 0. The standard InChI is InChI=1S/C12H26N2/c1-3-4-8-12(13)10-14(2)9-11-6-5-7-11/h11-12H,3-10,13H2,1-2H3. The van der Waals surface area contributed by atoms with Crippen LogP contribution in [0.2, 0.25) is 0 Å². The lowest BCUT2D eigenvalue weighted by molar-refractivity contribution is 0.196. The van der Waals surface area contributed by atoms with Crippen molar-refractivity contribution < 1.29 is 0 Å². The van der Waals surface area contributed by atoms with Crippen molar-refractivity contribution in [3.05, 3.63) is 0 Å². The van der Waals surface area contributed by atoms with Gasteiger partial charge in [0.05, 0.1) is 0 Å². The van der Waals surface area contributed by atoms with Crippen molar-refractivity contribution in [3.8, 4) is 0 Å². The molecule has 2 N–H and O–H groups in total. The van der Waals surface area contributed by atoms with E-state index in [9.17, 15) is 0 Å². The Bertz CT molecular complexity index is 143. The highest BCUT2D eigenvalue weighted by Crippen LogP contribution is 2.26. The number of unbranched alkanes of at least 4 members (excludes halogenated alkanes) is 1. The average Bonchev–Trinajstić information content (AvgIpc) is 2.08. The summed E-state index contributed by atoms with van der Waals surface area (Å²) in [5.41, 5.74) is 6.05. The topological polar surface area (TPSA) is 29.3 Å². The van der Waals surface area contributed by atoms with E-state index in [2.05, 4.69) is 18.9 Å². The highest BCUT2D eigenvalue weighted by Gasteiger charge is 2.19. The molecule has 0 spiro atoms. The highest BCUT2D eigenvalue weighted by molar-refractivity contribution is 4.74. The van der Waals surface area contributed by atoms with Crippen LogP contribution in [-0.4, -0.2) is 31.1 Å². The number of hydrogen-bond donors (Lipinski definition) is 1. The van der Waals surface area contributed by atoms with Crippen molar-refractivity contribution in [2.75, 3.05) is 20.1 Å². The summed E-state index contributed by atoms with van der Waals surface area (Å²) in [6.07, 6.45) is 8.05. The summed E-state index contributed by atoms with van der Waals surface area (Å²) >= 11 is 0. The van der Waals surface area contributed by atoms with E-state index in [0.29, 0.717) is 6.04 Å². The molecule has 1 aliphatic rings. The molecule has 1 saturated carbocycles. The molecular weight excluding hydrogens is 172 g/mol. The minimum absolute atomic E-state index is 0.389. The van der Waals surface area contributed by atoms with Gasteiger partial charge >= 0.3 is 0 Å². The van der Waals surface area contributed by atoms with Crippen LogP contribution in [0.4, 0.5) is 0 Å². The molecule has 0 aliphatic heterocycles. The monoisotopic (exact) mass is 198 g/mol. The Hall–Kier alpha value is -0.0800. The molecule has 14 heavy (non-hydrogen) atoms. The van der Waals surface area contributed by atoms with E-state index >= 15 is 0 Å². The Morgan fingerprint density at radius 2 is 2.14 bits per heavy atom. The maximum atomic E-state index is 6.05. The van der Waals surface area contributed by atoms with Crippen molar-refractivity contribution in [2.24, 2.45) is 11.7 Å². The van der Waals surface area contributed by atoms with Crippen LogP contribution in [0.1, 0.15) is 45.4 Å². The van der Waals surface area contributed by atoms with Crippen LogP contribution < -0.4 is 5.73 Å². The third-order valence-corrected chi connectivity index (χ3v) is 3.27. The average molecular weight is 198 g/mol. The van der Waals surface area contributed by atoms with Crippen LogP contribution in [0.25, 0.3) is 0 Å². The van der Waals surface area contributed by atoms with Crippen LogP contribution in [0.5, 0.6) is 0 Å². The Morgan fingerprint density at radius 1 is 1.43 bits per heavy atom. The van der Waals surface area contributed by atoms with E-state index in [0.717, 1.165) is 12.5 Å². The minimum Gasteiger partial charge on any atom is -0.327 e. The minimum atomic E-state index is 0.389. The highest BCUT2D eigenvalue weighted by atomic mass is 15.1. The van der Waals surface area contributed by atoms with Gasteiger partial charge in [-0.1, -0.05) is 26.2 Å². The molecule has 0 radical (unpaired) electrons. The zero-order chi connectivity index (χ0) is 10.4. The smallest absolute Gasteiger partial charge is 0.0167 e. The summed E-state index contributed by atoms with van der Waals surface area (Å²) in [6.45, 7) is 4.57. The number of rotatable bonds is 7. The lowest BCUT2D eigenvalue weighted by Gasteiger charge is -2.31. The van der Waals surface area contributed by atoms with Gasteiger partial charge in [0.25, 0.3) is 0 Å². The first kappa shape index (κ1) is 12.0. The lowest BCUT2D eigenvalue weighted by atomic mass is 9.85. The fraction of sp³-hybridized carbons (Fsp3) is 1.00. The normalized spacial score (nSPS) is 19.7. The summed E-state index contributed by atoms with van der Waals surface area (Å²) in [6, 6.07) is 0.389. The fourth-order valence-corrected chi connectivity index (χ4v) is 2.15. The van der Waals surface area contributed by atoms with Crippen LogP contribution >= 0.6 is 0 Å². The molecule has 0 amide bonds. The van der Waals surface area contributed by atoms with Crippen molar-refractivity contribution in [1.82, 2.24) is 4.90 Å². The molecule has 0 aromatic rings. The van der Waals surface area contributed by atoms with Crippen molar-refractivity contribution in [3.63, 3.8) is 0 Å². The fourth-order valence-electron chi connectivity index (χ4n) is 2.15. The first-order valence-corrected chi connectivity index (χ1v) is 6.16. The maximum absolute atomic E-state index is 6.05. The Labute approximate surface area is 88.8 Å². The van der Waals surface area contributed by atoms with E-state index in [1.165, 1.54) is 45.1 Å². The van der Waals surface area contributed by atoms with Crippen molar-refractivity contribution in [1.29, 1.82) is 0 Å². The van der Waals surface area contributed by atoms with E-state index in [1.807, 2.05) is 0 Å². The molecule has 2 heteroatoms. The molecular formula is C12H26N2. The van der Waals surface area contributed by atoms with Gasteiger partial charge in [0.1, 0.15) is 0 Å². The molecule has 0 saturated heterocycles. The molecule has 1 unspecified atom stereocenters. The number of hydrogen-bond acceptors (Lipinski definition) is 2. The Morgan fingerprint density at radius 3 is 2.64 bits per heavy atom. The second-order valence-corrected chi connectivity index (χ2v) is 4.92. The first-order chi connectivity index (χ1) is 6.72. The Balaban J connectivity index is 2.02. The molecule has 0 heterocycles. The van der Waals surface area contributed by atoms with Gasteiger partial charge in [-0.25, -0.2) is 0 Å². The molecule has 1 atom stereocenters. The molecule has 1 fully saturated rings. The SMILES string of the molecule is CCCCC(N)CN(C)CC1CCC1. The van der Waals surface area contributed by atoms with E-state index < -0.39 is 0 Å². The quantitative estimate of drug-likeness (QED) is 0.680. The molecule has 1 aliphatic carbocycles. The lowest BCUT2D eigenvalue weighted by Crippen LogP contribution is -2.38. The van der Waals surface area contributed by atoms with E-state index in [1.54, 1.807) is 0 Å². The summed E-state index contributed by atoms with van der Waals surface area (Å²) in [5, 5.41) is 0. The summed E-state index contributed by atoms with van der Waals surface area (Å²) in [4.78, 5) is 2.42. The molecule has 0 aromatic heterocycles. The van der Waals surface area contributed by atoms with Crippen LogP contribution in [0.15, 0.2) is 0 Å². The summed E-state index contributed by atoms with van der Waals surface area (Å²) in [7, 11) is 2.21. The zero-order valence-electron chi connectivity index (χ0n) is 9.84. The first-order valence-electron chi connectivity index (χ1n) is 6.16. The number of nitrogens with two attached hydrogens (primary N) is 1. The van der Waals surface area contributed by atoms with Crippen molar-refractivity contribution >= 4 is 0 Å². The third kappa shape index (κ3) is 4.43. The van der Waals surface area contributed by atoms with Gasteiger partial charge in [-0.15, -0.1) is 0 Å². The zero-order valence-corrected chi connectivity index (χ0v) is 9.84.